The molecule has 2 bridgehead atoms. The molecule has 6 heteroatoms. The van der Waals surface area contributed by atoms with Crippen LogP contribution in [-0.4, -0.2) is 26.9 Å². The summed E-state index contributed by atoms with van der Waals surface area (Å²) in [4.78, 5) is 13.1. The number of aryl methyl sites for hydroxylation is 1. The number of rotatable bonds is 7. The normalized spacial score (nSPS) is 23.1. The third kappa shape index (κ3) is 4.04. The third-order valence-corrected chi connectivity index (χ3v) is 8.12. The first kappa shape index (κ1) is 20.0. The summed E-state index contributed by atoms with van der Waals surface area (Å²) in [6.45, 7) is 1.78. The molecule has 4 rings (SSSR count). The van der Waals surface area contributed by atoms with Gasteiger partial charge in [-0.2, -0.15) is 0 Å². The first-order chi connectivity index (χ1) is 14.0. The van der Waals surface area contributed by atoms with Gasteiger partial charge in [0.25, 0.3) is 10.0 Å². The Bertz CT molecular complexity index is 975. The highest BCUT2D eigenvalue weighted by molar-refractivity contribution is 7.92. The monoisotopic (exact) mass is 412 g/mol. The quantitative estimate of drug-likeness (QED) is 0.753. The van der Waals surface area contributed by atoms with Crippen molar-refractivity contribution in [3.05, 3.63) is 60.2 Å². The molecular formula is C23H28N2O3S. The van der Waals surface area contributed by atoms with Gasteiger partial charge in [-0.25, -0.2) is 8.42 Å². The Hall–Kier alpha value is -2.34. The van der Waals surface area contributed by atoms with Gasteiger partial charge in [-0.3, -0.25) is 9.10 Å². The van der Waals surface area contributed by atoms with E-state index in [0.29, 0.717) is 18.0 Å². The van der Waals surface area contributed by atoms with Crippen LogP contribution in [0.15, 0.2) is 59.5 Å². The third-order valence-electron chi connectivity index (χ3n) is 6.34. The predicted molar refractivity (Wildman–Crippen MR) is 114 cm³/mol. The minimum absolute atomic E-state index is 0.184. The molecule has 0 heterocycles. The Kier molecular flexibility index (Phi) is 5.63. The number of nitrogens with one attached hydrogen (secondary N) is 1. The maximum Gasteiger partial charge on any atom is 0.264 e. The molecule has 154 valence electrons. The molecule has 29 heavy (non-hydrogen) atoms. The number of para-hydroxylation sites is 1. The van der Waals surface area contributed by atoms with Crippen LogP contribution in [0.4, 0.5) is 5.69 Å². The van der Waals surface area contributed by atoms with E-state index >= 15 is 0 Å². The summed E-state index contributed by atoms with van der Waals surface area (Å²) in [5, 5.41) is 3.13. The van der Waals surface area contributed by atoms with Gasteiger partial charge in [0, 0.05) is 6.04 Å². The lowest BCUT2D eigenvalue weighted by molar-refractivity contribution is -0.120. The van der Waals surface area contributed by atoms with Crippen molar-refractivity contribution in [2.75, 3.05) is 10.8 Å². The average molecular weight is 413 g/mol. The van der Waals surface area contributed by atoms with E-state index in [1.54, 1.807) is 36.4 Å². The minimum Gasteiger partial charge on any atom is -0.352 e. The minimum atomic E-state index is -3.85. The van der Waals surface area contributed by atoms with Gasteiger partial charge in [-0.1, -0.05) is 49.7 Å². The van der Waals surface area contributed by atoms with Crippen molar-refractivity contribution < 1.29 is 13.2 Å². The average Bonchev–Trinajstić information content (AvgIpc) is 3.36. The van der Waals surface area contributed by atoms with Crippen molar-refractivity contribution in [1.82, 2.24) is 5.32 Å². The highest BCUT2D eigenvalue weighted by atomic mass is 32.2. The number of hydrogen-bond acceptors (Lipinski definition) is 3. The van der Waals surface area contributed by atoms with Crippen molar-refractivity contribution in [3.8, 4) is 0 Å². The lowest BCUT2D eigenvalue weighted by Crippen LogP contribution is -2.46. The fraction of sp³-hybridized carbons (Fsp3) is 0.435. The second-order valence-electron chi connectivity index (χ2n) is 8.16. The zero-order chi connectivity index (χ0) is 20.4. The summed E-state index contributed by atoms with van der Waals surface area (Å²) in [7, 11) is -3.85. The lowest BCUT2D eigenvalue weighted by atomic mass is 9.95. The van der Waals surface area contributed by atoms with Crippen LogP contribution in [-0.2, 0) is 21.2 Å². The van der Waals surface area contributed by atoms with E-state index in [1.807, 2.05) is 25.1 Å². The molecule has 2 aromatic rings. The maximum absolute atomic E-state index is 13.4. The number of carbonyl (C=O) groups excluding carboxylic acids is 1. The van der Waals surface area contributed by atoms with Crippen molar-refractivity contribution in [2.24, 2.45) is 11.8 Å². The van der Waals surface area contributed by atoms with Crippen molar-refractivity contribution in [3.63, 3.8) is 0 Å². The van der Waals surface area contributed by atoms with Crippen LogP contribution in [0.3, 0.4) is 0 Å². The Balaban J connectivity index is 1.62. The molecule has 0 aliphatic heterocycles. The van der Waals surface area contributed by atoms with Gasteiger partial charge in [0.1, 0.15) is 6.54 Å². The SMILES string of the molecule is CCc1ccccc1N(CC(=O)N[C@@H]1C[C@H]2CC[C@H]1C2)S(=O)(=O)c1ccccc1. The molecule has 0 unspecified atom stereocenters. The second-order valence-corrected chi connectivity index (χ2v) is 10.0. The summed E-state index contributed by atoms with van der Waals surface area (Å²) in [5.41, 5.74) is 1.47. The topological polar surface area (TPSA) is 66.5 Å². The van der Waals surface area contributed by atoms with E-state index in [9.17, 15) is 13.2 Å². The largest absolute Gasteiger partial charge is 0.352 e. The number of nitrogens with zero attached hydrogens (tertiary/aromatic N) is 1. The molecule has 0 spiro atoms. The van der Waals surface area contributed by atoms with Gasteiger partial charge >= 0.3 is 0 Å². The van der Waals surface area contributed by atoms with E-state index in [-0.39, 0.29) is 23.4 Å². The summed E-state index contributed by atoms with van der Waals surface area (Å²) in [6, 6.07) is 15.9. The van der Waals surface area contributed by atoms with E-state index < -0.39 is 10.0 Å². The fourth-order valence-electron chi connectivity index (χ4n) is 4.88. The highest BCUT2D eigenvalue weighted by Gasteiger charge is 2.40. The van der Waals surface area contributed by atoms with Gasteiger partial charge in [0.15, 0.2) is 0 Å². The molecule has 1 N–H and O–H groups in total. The van der Waals surface area contributed by atoms with Crippen LogP contribution in [0.25, 0.3) is 0 Å². The van der Waals surface area contributed by atoms with Crippen LogP contribution in [0.1, 0.15) is 38.2 Å². The van der Waals surface area contributed by atoms with Crippen molar-refractivity contribution in [1.29, 1.82) is 0 Å². The Morgan fingerprint density at radius 1 is 1.03 bits per heavy atom. The summed E-state index contributed by atoms with van der Waals surface area (Å²) < 4.78 is 28.2. The molecular weight excluding hydrogens is 384 g/mol. The first-order valence-corrected chi connectivity index (χ1v) is 11.9. The van der Waals surface area contributed by atoms with Crippen molar-refractivity contribution in [2.45, 2.75) is 50.0 Å². The Labute approximate surface area is 173 Å². The molecule has 2 aliphatic carbocycles. The molecule has 2 saturated carbocycles. The molecule has 2 aromatic carbocycles. The number of anilines is 1. The molecule has 2 aliphatic rings. The number of hydrogen-bond donors (Lipinski definition) is 1. The molecule has 5 nitrogen and oxygen atoms in total. The van der Waals surface area contributed by atoms with E-state index in [1.165, 1.54) is 23.6 Å². The standard InChI is InChI=1S/C23H28N2O3S/c1-2-18-8-6-7-11-22(18)25(29(27,28)20-9-4-3-5-10-20)16-23(26)24-21-15-17-12-13-19(21)14-17/h3-11,17,19,21H,2,12-16H2,1H3,(H,24,26)/t17-,19-,21+/m0/s1. The fourth-order valence-corrected chi connectivity index (χ4v) is 6.36. The van der Waals surface area contributed by atoms with E-state index in [4.69, 9.17) is 0 Å². The van der Waals surface area contributed by atoms with Crippen LogP contribution < -0.4 is 9.62 Å². The molecule has 0 aromatic heterocycles. The second kappa shape index (κ2) is 8.19. The van der Waals surface area contributed by atoms with Crippen LogP contribution in [0.5, 0.6) is 0 Å². The summed E-state index contributed by atoms with van der Waals surface area (Å²) >= 11 is 0. The van der Waals surface area contributed by atoms with Crippen LogP contribution in [0.2, 0.25) is 0 Å². The zero-order valence-corrected chi connectivity index (χ0v) is 17.6. The number of amides is 1. The zero-order valence-electron chi connectivity index (χ0n) is 16.8. The number of carbonyl (C=O) groups is 1. The highest BCUT2D eigenvalue weighted by Crippen LogP contribution is 2.44. The first-order valence-electron chi connectivity index (χ1n) is 10.4. The predicted octanol–water partition coefficient (Wildman–Crippen LogP) is 3.75. The van der Waals surface area contributed by atoms with Gasteiger partial charge in [-0.15, -0.1) is 0 Å². The van der Waals surface area contributed by atoms with E-state index in [2.05, 4.69) is 5.32 Å². The van der Waals surface area contributed by atoms with Gasteiger partial charge in [-0.05, 0) is 61.3 Å². The summed E-state index contributed by atoms with van der Waals surface area (Å²) in [6.07, 6.45) is 5.32. The van der Waals surface area contributed by atoms with Gasteiger partial charge in [0.2, 0.25) is 5.91 Å². The number of fused-ring (bicyclic) bond motifs is 2. The maximum atomic E-state index is 13.4. The van der Waals surface area contributed by atoms with Crippen molar-refractivity contribution >= 4 is 21.6 Å². The van der Waals surface area contributed by atoms with E-state index in [0.717, 1.165) is 17.9 Å². The number of sulfonamides is 1. The Morgan fingerprint density at radius 2 is 1.76 bits per heavy atom. The molecule has 0 saturated heterocycles. The molecule has 0 radical (unpaired) electrons. The Morgan fingerprint density at radius 3 is 2.41 bits per heavy atom. The van der Waals surface area contributed by atoms with Gasteiger partial charge < -0.3 is 5.32 Å². The number of benzene rings is 2. The van der Waals surface area contributed by atoms with Gasteiger partial charge in [0.05, 0.1) is 10.6 Å². The molecule has 1 amide bonds. The molecule has 3 atom stereocenters. The van der Waals surface area contributed by atoms with Crippen LogP contribution in [0, 0.1) is 11.8 Å². The molecule has 2 fully saturated rings. The van der Waals surface area contributed by atoms with Crippen LogP contribution >= 0.6 is 0 Å². The lowest BCUT2D eigenvalue weighted by Gasteiger charge is -2.28. The summed E-state index contributed by atoms with van der Waals surface area (Å²) in [5.74, 6) is 1.04. The smallest absolute Gasteiger partial charge is 0.264 e.